The van der Waals surface area contributed by atoms with Gasteiger partial charge in [-0.05, 0) is 18.6 Å². The molecule has 1 aliphatic heterocycles. The fraction of sp³-hybridized carbons (Fsp3) is 0.214. The van der Waals surface area contributed by atoms with Crippen molar-refractivity contribution in [1.82, 2.24) is 0 Å². The maximum Gasteiger partial charge on any atom is 0.483 e. The van der Waals surface area contributed by atoms with Crippen molar-refractivity contribution in [3.8, 4) is 18.1 Å². The minimum atomic E-state index is -4.07. The van der Waals surface area contributed by atoms with Crippen LogP contribution in [0.3, 0.4) is 0 Å². The molecule has 1 heterocycles. The smallest absolute Gasteiger partial charge is 0.423 e. The number of hydrogen-bond donors (Lipinski definition) is 0. The van der Waals surface area contributed by atoms with Crippen LogP contribution in [0.1, 0.15) is 12.5 Å². The highest BCUT2D eigenvalue weighted by atomic mass is 19.3. The largest absolute Gasteiger partial charge is 0.483 e. The third-order valence-electron chi connectivity index (χ3n) is 2.78. The summed E-state index contributed by atoms with van der Waals surface area (Å²) >= 11 is 0. The summed E-state index contributed by atoms with van der Waals surface area (Å²) in [4.78, 5) is 12.3. The molecule has 0 bridgehead atoms. The number of hydrogen-bond acceptors (Lipinski definition) is 2. The van der Waals surface area contributed by atoms with Gasteiger partial charge in [0.2, 0.25) is 0 Å². The van der Waals surface area contributed by atoms with Gasteiger partial charge < -0.3 is 4.74 Å². The van der Waals surface area contributed by atoms with E-state index in [1.54, 1.807) is 6.92 Å². The van der Waals surface area contributed by atoms with Crippen LogP contribution in [0.25, 0.3) is 5.57 Å². The van der Waals surface area contributed by atoms with Gasteiger partial charge >= 0.3 is 12.0 Å². The van der Waals surface area contributed by atoms with Gasteiger partial charge in [-0.25, -0.2) is 4.39 Å². The van der Waals surface area contributed by atoms with Crippen LogP contribution in [0.2, 0.25) is 0 Å². The molecule has 0 unspecified atom stereocenters. The molecule has 0 saturated carbocycles. The number of terminal acetylenes is 1. The highest BCUT2D eigenvalue weighted by molar-refractivity contribution is 6.01. The molecule has 0 aliphatic carbocycles. The van der Waals surface area contributed by atoms with Crippen LogP contribution >= 0.6 is 0 Å². The molecule has 1 aromatic rings. The molecule has 3 nitrogen and oxygen atoms in total. The summed E-state index contributed by atoms with van der Waals surface area (Å²) in [6, 6.07) is 2.01. The topological polar surface area (TPSA) is 29.5 Å². The zero-order valence-electron chi connectivity index (χ0n) is 10.5. The SMILES string of the molecule is C#CCN1C(=O)C(F)(F)Oc2cc(F)c(C(=C)C)cc21. The first-order valence-electron chi connectivity index (χ1n) is 5.59. The van der Waals surface area contributed by atoms with E-state index in [0.717, 1.165) is 6.07 Å². The number of anilines is 1. The van der Waals surface area contributed by atoms with Gasteiger partial charge in [0.1, 0.15) is 5.82 Å². The number of fused-ring (bicyclic) bond motifs is 1. The van der Waals surface area contributed by atoms with Gasteiger partial charge in [-0.15, -0.1) is 6.42 Å². The van der Waals surface area contributed by atoms with E-state index in [2.05, 4.69) is 17.2 Å². The Morgan fingerprint density at radius 1 is 1.55 bits per heavy atom. The Kier molecular flexibility index (Phi) is 3.22. The number of ether oxygens (including phenoxy) is 1. The summed E-state index contributed by atoms with van der Waals surface area (Å²) in [6.07, 6.45) is 1.01. The lowest BCUT2D eigenvalue weighted by atomic mass is 10.1. The number of halogens is 3. The number of carbonyl (C=O) groups is 1. The highest BCUT2D eigenvalue weighted by Crippen LogP contribution is 2.41. The van der Waals surface area contributed by atoms with Crippen molar-refractivity contribution in [3.05, 3.63) is 30.1 Å². The highest BCUT2D eigenvalue weighted by Gasteiger charge is 2.50. The van der Waals surface area contributed by atoms with E-state index in [1.165, 1.54) is 6.07 Å². The van der Waals surface area contributed by atoms with Crippen molar-refractivity contribution < 1.29 is 22.7 Å². The Hall–Kier alpha value is -2.42. The molecule has 2 rings (SSSR count). The number of benzene rings is 1. The molecule has 0 radical (unpaired) electrons. The molecular formula is C14H10F3NO2. The van der Waals surface area contributed by atoms with Crippen LogP contribution in [-0.2, 0) is 4.79 Å². The summed E-state index contributed by atoms with van der Waals surface area (Å²) in [5.74, 6) is -0.671. The van der Waals surface area contributed by atoms with Crippen LogP contribution in [0.15, 0.2) is 18.7 Å². The second-order valence-electron chi connectivity index (χ2n) is 4.29. The first-order chi connectivity index (χ1) is 9.27. The van der Waals surface area contributed by atoms with Gasteiger partial charge in [0.25, 0.3) is 0 Å². The molecular weight excluding hydrogens is 271 g/mol. The fourth-order valence-corrected chi connectivity index (χ4v) is 1.86. The third kappa shape index (κ3) is 2.11. The van der Waals surface area contributed by atoms with Crippen LogP contribution in [-0.4, -0.2) is 18.6 Å². The van der Waals surface area contributed by atoms with Crippen molar-refractivity contribution in [2.45, 2.75) is 13.0 Å². The first-order valence-corrected chi connectivity index (χ1v) is 5.59. The number of nitrogens with zero attached hydrogens (tertiary/aromatic N) is 1. The average Bonchev–Trinajstić information content (AvgIpc) is 2.33. The van der Waals surface area contributed by atoms with E-state index < -0.39 is 23.6 Å². The van der Waals surface area contributed by atoms with Crippen molar-refractivity contribution >= 4 is 17.2 Å². The van der Waals surface area contributed by atoms with Gasteiger partial charge in [-0.1, -0.05) is 12.5 Å². The van der Waals surface area contributed by atoms with Crippen molar-refractivity contribution in [2.24, 2.45) is 0 Å². The van der Waals surface area contributed by atoms with E-state index in [4.69, 9.17) is 6.42 Å². The molecule has 6 heteroatoms. The number of amides is 1. The Morgan fingerprint density at radius 3 is 2.75 bits per heavy atom. The zero-order chi connectivity index (χ0) is 15.1. The second kappa shape index (κ2) is 4.60. The molecule has 0 saturated heterocycles. The van der Waals surface area contributed by atoms with Crippen LogP contribution < -0.4 is 9.64 Å². The van der Waals surface area contributed by atoms with Gasteiger partial charge in [0, 0.05) is 11.6 Å². The lowest BCUT2D eigenvalue weighted by Gasteiger charge is -2.32. The van der Waals surface area contributed by atoms with Gasteiger partial charge in [0.15, 0.2) is 5.75 Å². The van der Waals surface area contributed by atoms with E-state index >= 15 is 0 Å². The van der Waals surface area contributed by atoms with Gasteiger partial charge in [-0.2, -0.15) is 8.78 Å². The maximum atomic E-state index is 13.8. The zero-order valence-corrected chi connectivity index (χ0v) is 10.5. The van der Waals surface area contributed by atoms with Crippen molar-refractivity contribution in [1.29, 1.82) is 0 Å². The second-order valence-corrected chi connectivity index (χ2v) is 4.29. The number of rotatable bonds is 2. The maximum absolute atomic E-state index is 13.8. The van der Waals surface area contributed by atoms with Crippen molar-refractivity contribution in [3.63, 3.8) is 0 Å². The molecule has 1 amide bonds. The third-order valence-corrected chi connectivity index (χ3v) is 2.78. The summed E-state index contributed by atoms with van der Waals surface area (Å²) in [5, 5.41) is 0. The van der Waals surface area contributed by atoms with E-state index in [0.29, 0.717) is 10.5 Å². The fourth-order valence-electron chi connectivity index (χ4n) is 1.86. The number of allylic oxidation sites excluding steroid dienone is 1. The Balaban J connectivity index is 2.65. The molecule has 0 atom stereocenters. The minimum absolute atomic E-state index is 0.00160. The lowest BCUT2D eigenvalue weighted by Crippen LogP contribution is -2.51. The van der Waals surface area contributed by atoms with Gasteiger partial charge in [0.05, 0.1) is 12.2 Å². The Morgan fingerprint density at radius 2 is 2.20 bits per heavy atom. The molecule has 0 N–H and O–H groups in total. The summed E-state index contributed by atoms with van der Waals surface area (Å²) in [5.41, 5.74) is 0.487. The summed E-state index contributed by atoms with van der Waals surface area (Å²) in [7, 11) is 0. The Labute approximate surface area is 113 Å². The van der Waals surface area contributed by atoms with E-state index in [-0.39, 0.29) is 17.8 Å². The summed E-state index contributed by atoms with van der Waals surface area (Å²) < 4.78 is 44.9. The molecule has 20 heavy (non-hydrogen) atoms. The molecule has 0 aromatic heterocycles. The van der Waals surface area contributed by atoms with Gasteiger partial charge in [-0.3, -0.25) is 9.69 Å². The van der Waals surface area contributed by atoms with Crippen LogP contribution in [0, 0.1) is 18.2 Å². The monoisotopic (exact) mass is 281 g/mol. The minimum Gasteiger partial charge on any atom is -0.423 e. The molecule has 0 fully saturated rings. The predicted octanol–water partition coefficient (Wildman–Crippen LogP) is 2.81. The molecule has 0 spiro atoms. The van der Waals surface area contributed by atoms with Crippen LogP contribution in [0.5, 0.6) is 5.75 Å². The number of alkyl halides is 2. The Bertz CT molecular complexity index is 647. The molecule has 104 valence electrons. The average molecular weight is 281 g/mol. The predicted molar refractivity (Wildman–Crippen MR) is 67.9 cm³/mol. The van der Waals surface area contributed by atoms with E-state index in [9.17, 15) is 18.0 Å². The normalized spacial score (nSPS) is 16.1. The molecule has 1 aliphatic rings. The van der Waals surface area contributed by atoms with E-state index in [1.807, 2.05) is 0 Å². The number of carbonyl (C=O) groups excluding carboxylic acids is 1. The summed E-state index contributed by atoms with van der Waals surface area (Å²) in [6.45, 7) is 4.76. The standard InChI is InChI=1S/C14H10F3NO2/c1-4-5-18-11-6-9(8(2)3)10(15)7-12(11)20-14(16,17)13(18)19/h1,6-7H,2,5H2,3H3. The first kappa shape index (κ1) is 14.0. The van der Waals surface area contributed by atoms with Crippen molar-refractivity contribution in [2.75, 3.05) is 11.4 Å². The van der Waals surface area contributed by atoms with Crippen LogP contribution in [0.4, 0.5) is 18.9 Å². The molecule has 1 aromatic carbocycles. The quantitative estimate of drug-likeness (QED) is 0.780. The lowest BCUT2D eigenvalue weighted by molar-refractivity contribution is -0.192.